The van der Waals surface area contributed by atoms with Crippen LogP contribution in [0, 0.1) is 0 Å². The number of rotatable bonds is 5. The lowest BCUT2D eigenvalue weighted by Gasteiger charge is -2.32. The Morgan fingerprint density at radius 3 is 2.41 bits per heavy atom. The zero-order valence-corrected chi connectivity index (χ0v) is 11.2. The van der Waals surface area contributed by atoms with Crippen LogP contribution in [-0.2, 0) is 14.8 Å². The summed E-state index contributed by atoms with van der Waals surface area (Å²) in [5.41, 5.74) is 0. The van der Waals surface area contributed by atoms with Crippen LogP contribution in [-0.4, -0.2) is 57.7 Å². The molecule has 0 spiro atoms. The maximum atomic E-state index is 11.6. The molecular weight excluding hydrogens is 242 g/mol. The summed E-state index contributed by atoms with van der Waals surface area (Å²) < 4.78 is 25.4. The van der Waals surface area contributed by atoms with Crippen LogP contribution in [0.2, 0.25) is 0 Å². The normalized spacial score (nSPS) is 18.4. The van der Waals surface area contributed by atoms with E-state index in [4.69, 9.17) is 0 Å². The quantitative estimate of drug-likeness (QED) is 0.676. The number of piperidine rings is 1. The zero-order valence-electron chi connectivity index (χ0n) is 10.4. The Morgan fingerprint density at radius 1 is 1.35 bits per heavy atom. The van der Waals surface area contributed by atoms with Crippen molar-refractivity contribution in [3.05, 3.63) is 0 Å². The second-order valence-electron chi connectivity index (χ2n) is 4.21. The van der Waals surface area contributed by atoms with Crippen LogP contribution >= 0.6 is 0 Å². The van der Waals surface area contributed by atoms with Gasteiger partial charge in [0.25, 0.3) is 0 Å². The fourth-order valence-electron chi connectivity index (χ4n) is 1.85. The Labute approximate surface area is 103 Å². The van der Waals surface area contributed by atoms with Gasteiger partial charge in [-0.2, -0.15) is 0 Å². The number of likely N-dealkylation sites (N-methyl/N-ethyl adjacent to an activating group) is 1. The molecule has 0 aliphatic carbocycles. The average Bonchev–Trinajstić information content (AvgIpc) is 2.30. The summed E-state index contributed by atoms with van der Waals surface area (Å²) in [6, 6.07) is -0.0291. The minimum Gasteiger partial charge on any atom is -0.341 e. The second-order valence-corrected chi connectivity index (χ2v) is 6.25. The molecule has 1 fully saturated rings. The van der Waals surface area contributed by atoms with Gasteiger partial charge in [-0.15, -0.1) is 0 Å². The summed E-state index contributed by atoms with van der Waals surface area (Å²) in [6.07, 6.45) is 1.38. The van der Waals surface area contributed by atoms with Crippen LogP contribution in [0.3, 0.4) is 0 Å². The predicted octanol–water partition coefficient (Wildman–Crippen LogP) is -0.864. The van der Waals surface area contributed by atoms with E-state index in [1.807, 2.05) is 0 Å². The van der Waals surface area contributed by atoms with Crippen molar-refractivity contribution in [1.29, 1.82) is 0 Å². The Bertz CT molecular complexity index is 348. The smallest absolute Gasteiger partial charge is 0.236 e. The number of hydrogen-bond donors (Lipinski definition) is 2. The third-order valence-electron chi connectivity index (χ3n) is 2.90. The molecule has 1 amide bonds. The number of hydrogen-bond acceptors (Lipinski definition) is 4. The molecule has 1 aliphatic rings. The Hall–Kier alpha value is -0.660. The molecule has 1 saturated heterocycles. The van der Waals surface area contributed by atoms with Crippen molar-refractivity contribution in [2.45, 2.75) is 25.8 Å². The summed E-state index contributed by atoms with van der Waals surface area (Å²) in [4.78, 5) is 13.3. The largest absolute Gasteiger partial charge is 0.341 e. The first-order chi connectivity index (χ1) is 7.98. The third-order valence-corrected chi connectivity index (χ3v) is 4.35. The molecule has 0 bridgehead atoms. The number of amides is 1. The first-order valence-electron chi connectivity index (χ1n) is 5.91. The summed E-state index contributed by atoms with van der Waals surface area (Å²) >= 11 is 0. The number of sulfonamides is 1. The van der Waals surface area contributed by atoms with Crippen molar-refractivity contribution >= 4 is 15.9 Å². The van der Waals surface area contributed by atoms with E-state index in [0.717, 1.165) is 0 Å². The van der Waals surface area contributed by atoms with Gasteiger partial charge in [0, 0.05) is 19.1 Å². The molecule has 1 heterocycles. The molecule has 17 heavy (non-hydrogen) atoms. The molecule has 0 saturated carbocycles. The van der Waals surface area contributed by atoms with Crippen molar-refractivity contribution in [2.24, 2.45) is 0 Å². The van der Waals surface area contributed by atoms with E-state index in [1.54, 1.807) is 18.9 Å². The van der Waals surface area contributed by atoms with Crippen molar-refractivity contribution in [3.8, 4) is 0 Å². The Balaban J connectivity index is 2.38. The lowest BCUT2D eigenvalue weighted by molar-refractivity contribution is -0.131. The van der Waals surface area contributed by atoms with Crippen LogP contribution in [0.5, 0.6) is 0 Å². The van der Waals surface area contributed by atoms with Crippen molar-refractivity contribution in [2.75, 3.05) is 32.4 Å². The highest BCUT2D eigenvalue weighted by atomic mass is 32.2. The van der Waals surface area contributed by atoms with Crippen LogP contribution < -0.4 is 10.0 Å². The first kappa shape index (κ1) is 14.4. The molecular formula is C10H21N3O3S. The lowest BCUT2D eigenvalue weighted by atomic mass is 10.1. The standard InChI is InChI=1S/C10H21N3O3S/c1-3-17(15,16)12-9-4-6-13(7-5-9)10(14)8-11-2/h9,11-12H,3-8H2,1-2H3. The van der Waals surface area contributed by atoms with E-state index >= 15 is 0 Å². The van der Waals surface area contributed by atoms with Crippen LogP contribution in [0.25, 0.3) is 0 Å². The molecule has 0 radical (unpaired) electrons. The fourth-order valence-corrected chi connectivity index (χ4v) is 2.76. The molecule has 7 heteroatoms. The number of likely N-dealkylation sites (tertiary alicyclic amines) is 1. The van der Waals surface area contributed by atoms with E-state index in [2.05, 4.69) is 10.0 Å². The second kappa shape index (κ2) is 6.32. The van der Waals surface area contributed by atoms with Gasteiger partial charge in [0.05, 0.1) is 12.3 Å². The van der Waals surface area contributed by atoms with Crippen molar-refractivity contribution in [3.63, 3.8) is 0 Å². The zero-order chi connectivity index (χ0) is 12.9. The van der Waals surface area contributed by atoms with Gasteiger partial charge in [0.2, 0.25) is 15.9 Å². The minimum atomic E-state index is -3.13. The summed E-state index contributed by atoms with van der Waals surface area (Å²) in [6.45, 7) is 3.20. The van der Waals surface area contributed by atoms with Crippen LogP contribution in [0.4, 0.5) is 0 Å². The van der Waals surface area contributed by atoms with Crippen LogP contribution in [0.1, 0.15) is 19.8 Å². The Kier molecular flexibility index (Phi) is 5.35. The van der Waals surface area contributed by atoms with E-state index in [-0.39, 0.29) is 17.7 Å². The molecule has 0 aromatic rings. The van der Waals surface area contributed by atoms with Gasteiger partial charge in [-0.25, -0.2) is 13.1 Å². The maximum absolute atomic E-state index is 11.6. The third kappa shape index (κ3) is 4.61. The highest BCUT2D eigenvalue weighted by Crippen LogP contribution is 2.11. The van der Waals surface area contributed by atoms with Gasteiger partial charge < -0.3 is 10.2 Å². The van der Waals surface area contributed by atoms with Gasteiger partial charge >= 0.3 is 0 Å². The summed E-state index contributed by atoms with van der Waals surface area (Å²) in [5.74, 6) is 0.176. The van der Waals surface area contributed by atoms with Gasteiger partial charge in [0.15, 0.2) is 0 Å². The predicted molar refractivity (Wildman–Crippen MR) is 66.1 cm³/mol. The van der Waals surface area contributed by atoms with E-state index in [9.17, 15) is 13.2 Å². The highest BCUT2D eigenvalue weighted by molar-refractivity contribution is 7.89. The molecule has 100 valence electrons. The SMILES string of the molecule is CCS(=O)(=O)NC1CCN(C(=O)CNC)CC1. The first-order valence-corrected chi connectivity index (χ1v) is 7.56. The van der Waals surface area contributed by atoms with Crippen molar-refractivity contribution < 1.29 is 13.2 Å². The molecule has 6 nitrogen and oxygen atoms in total. The fraction of sp³-hybridized carbons (Fsp3) is 0.900. The lowest BCUT2D eigenvalue weighted by Crippen LogP contribution is -2.48. The molecule has 1 aliphatic heterocycles. The van der Waals surface area contributed by atoms with Gasteiger partial charge in [-0.1, -0.05) is 0 Å². The minimum absolute atomic E-state index is 0.0291. The van der Waals surface area contributed by atoms with Crippen molar-refractivity contribution in [1.82, 2.24) is 14.9 Å². The van der Waals surface area contributed by atoms with E-state index < -0.39 is 10.0 Å². The van der Waals surface area contributed by atoms with Gasteiger partial charge in [-0.3, -0.25) is 4.79 Å². The summed E-state index contributed by atoms with van der Waals surface area (Å²) in [7, 11) is -1.40. The molecule has 1 rings (SSSR count). The number of nitrogens with one attached hydrogen (secondary N) is 2. The number of nitrogens with zero attached hydrogens (tertiary/aromatic N) is 1. The molecule has 0 aromatic heterocycles. The topological polar surface area (TPSA) is 78.5 Å². The molecule has 0 atom stereocenters. The van der Waals surface area contributed by atoms with Crippen LogP contribution in [0.15, 0.2) is 0 Å². The molecule has 2 N–H and O–H groups in total. The van der Waals surface area contributed by atoms with E-state index in [0.29, 0.717) is 32.5 Å². The van der Waals surface area contributed by atoms with Gasteiger partial charge in [-0.05, 0) is 26.8 Å². The van der Waals surface area contributed by atoms with E-state index in [1.165, 1.54) is 0 Å². The summed E-state index contributed by atoms with van der Waals surface area (Å²) in [5, 5.41) is 2.82. The molecule has 0 unspecified atom stereocenters. The Morgan fingerprint density at radius 2 is 1.94 bits per heavy atom. The molecule has 0 aromatic carbocycles. The number of carbonyl (C=O) groups is 1. The van der Waals surface area contributed by atoms with Gasteiger partial charge in [0.1, 0.15) is 0 Å². The highest BCUT2D eigenvalue weighted by Gasteiger charge is 2.24. The number of carbonyl (C=O) groups excluding carboxylic acids is 1. The average molecular weight is 263 g/mol. The monoisotopic (exact) mass is 263 g/mol. The maximum Gasteiger partial charge on any atom is 0.236 e.